The fourth-order valence-electron chi connectivity index (χ4n) is 4.17. The molecule has 0 spiro atoms. The van der Waals surface area contributed by atoms with Gasteiger partial charge >= 0.3 is 12.1 Å². The lowest BCUT2D eigenvalue weighted by atomic mass is 10.0. The van der Waals surface area contributed by atoms with Gasteiger partial charge in [-0.05, 0) is 42.5 Å². The van der Waals surface area contributed by atoms with Gasteiger partial charge in [0.2, 0.25) is 0 Å². The maximum absolute atomic E-state index is 12.9. The number of alkyl halides is 3. The Bertz CT molecular complexity index is 989. The molecule has 0 aliphatic carbocycles. The fourth-order valence-corrected chi connectivity index (χ4v) is 4.41. The summed E-state index contributed by atoms with van der Waals surface area (Å²) in [6, 6.07) is 11.4. The van der Waals surface area contributed by atoms with Crippen molar-refractivity contribution in [2.24, 2.45) is 0 Å². The average Bonchev–Trinajstić information content (AvgIpc) is 3.09. The molecule has 0 radical (unpaired) electrons. The van der Waals surface area contributed by atoms with Crippen LogP contribution in [0.25, 0.3) is 0 Å². The molecule has 0 unspecified atom stereocenters. The van der Waals surface area contributed by atoms with Gasteiger partial charge in [0.05, 0.1) is 23.9 Å². The zero-order chi connectivity index (χ0) is 22.9. The third-order valence-corrected chi connectivity index (χ3v) is 6.27. The molecule has 2 heterocycles. The molecule has 1 amide bonds. The molecule has 1 fully saturated rings. The fraction of sp³-hybridized carbons (Fsp3) is 0.435. The van der Waals surface area contributed by atoms with Crippen LogP contribution >= 0.6 is 11.6 Å². The minimum Gasteiger partial charge on any atom is -0.380 e. The first-order valence-corrected chi connectivity index (χ1v) is 10.8. The predicted octanol–water partition coefficient (Wildman–Crippen LogP) is 4.66. The first-order valence-electron chi connectivity index (χ1n) is 10.4. The number of rotatable bonds is 4. The topological polar surface area (TPSA) is 50.8 Å². The van der Waals surface area contributed by atoms with Crippen molar-refractivity contribution in [1.29, 1.82) is 0 Å². The number of carbonyl (C=O) groups excluding carboxylic acids is 1. The minimum atomic E-state index is -4.87. The van der Waals surface area contributed by atoms with Crippen LogP contribution in [0.4, 0.5) is 18.9 Å². The Balaban J connectivity index is 1.47. The van der Waals surface area contributed by atoms with Gasteiger partial charge < -0.3 is 19.7 Å². The van der Waals surface area contributed by atoms with Crippen LogP contribution in [0, 0.1) is 0 Å². The monoisotopic (exact) mass is 468 g/mol. The SMILES string of the molecule is CC1(c2ccc(CNc3c(Cl)ccc4c3CCN(C(=O)C(F)(F)F)CC4)cc2)OCCO1. The van der Waals surface area contributed by atoms with E-state index in [0.29, 0.717) is 43.3 Å². The number of carbonyl (C=O) groups is 1. The number of benzene rings is 2. The number of hydrogen-bond donors (Lipinski definition) is 1. The van der Waals surface area contributed by atoms with E-state index in [0.717, 1.165) is 27.2 Å². The molecular weight excluding hydrogens is 445 g/mol. The van der Waals surface area contributed by atoms with E-state index in [1.165, 1.54) is 0 Å². The molecule has 2 aromatic carbocycles. The number of amides is 1. The summed E-state index contributed by atoms with van der Waals surface area (Å²) >= 11 is 6.43. The van der Waals surface area contributed by atoms with Crippen LogP contribution in [0.2, 0.25) is 5.02 Å². The van der Waals surface area contributed by atoms with Gasteiger partial charge in [0, 0.05) is 25.2 Å². The first-order chi connectivity index (χ1) is 15.2. The smallest absolute Gasteiger partial charge is 0.380 e. The van der Waals surface area contributed by atoms with Crippen LogP contribution in [0.15, 0.2) is 36.4 Å². The van der Waals surface area contributed by atoms with E-state index in [9.17, 15) is 18.0 Å². The lowest BCUT2D eigenvalue weighted by molar-refractivity contribution is -0.185. The molecule has 0 aromatic heterocycles. The van der Waals surface area contributed by atoms with Gasteiger partial charge in [0.15, 0.2) is 5.79 Å². The molecular formula is C23H24ClF3N2O3. The molecule has 0 atom stereocenters. The molecule has 0 bridgehead atoms. The van der Waals surface area contributed by atoms with Crippen molar-refractivity contribution >= 4 is 23.2 Å². The van der Waals surface area contributed by atoms with Crippen molar-refractivity contribution in [3.63, 3.8) is 0 Å². The van der Waals surface area contributed by atoms with Crippen molar-refractivity contribution in [2.45, 2.75) is 38.3 Å². The standard InChI is InChI=1S/C23H24ClF3N2O3/c1-22(31-12-13-32-22)17-5-2-15(3-6-17)14-28-20-18-9-11-29(21(30)23(25,26)27)10-8-16(18)4-7-19(20)24/h2-7,28H,8-14H2,1H3. The summed E-state index contributed by atoms with van der Waals surface area (Å²) in [5.74, 6) is -2.53. The molecule has 4 rings (SSSR count). The zero-order valence-corrected chi connectivity index (χ0v) is 18.4. The second-order valence-corrected chi connectivity index (χ2v) is 8.45. The lowest BCUT2D eigenvalue weighted by Crippen LogP contribution is -2.42. The van der Waals surface area contributed by atoms with Gasteiger partial charge in [-0.3, -0.25) is 4.79 Å². The Labute approximate surface area is 189 Å². The van der Waals surface area contributed by atoms with Gasteiger partial charge in [-0.1, -0.05) is 41.9 Å². The molecule has 2 aliphatic heterocycles. The highest BCUT2D eigenvalue weighted by Crippen LogP contribution is 2.34. The van der Waals surface area contributed by atoms with Crippen LogP contribution in [0.5, 0.6) is 0 Å². The third-order valence-electron chi connectivity index (χ3n) is 5.96. The number of nitrogens with one attached hydrogen (secondary N) is 1. The number of nitrogens with zero attached hydrogens (tertiary/aromatic N) is 1. The molecule has 1 N–H and O–H groups in total. The van der Waals surface area contributed by atoms with Crippen LogP contribution < -0.4 is 5.32 Å². The van der Waals surface area contributed by atoms with Gasteiger partial charge in [-0.15, -0.1) is 0 Å². The van der Waals surface area contributed by atoms with E-state index >= 15 is 0 Å². The van der Waals surface area contributed by atoms with Gasteiger partial charge in [-0.25, -0.2) is 0 Å². The van der Waals surface area contributed by atoms with E-state index in [2.05, 4.69) is 5.32 Å². The molecule has 0 saturated carbocycles. The number of ether oxygens (including phenoxy) is 2. The number of fused-ring (bicyclic) bond motifs is 1. The molecule has 32 heavy (non-hydrogen) atoms. The highest BCUT2D eigenvalue weighted by molar-refractivity contribution is 6.33. The quantitative estimate of drug-likeness (QED) is 0.709. The van der Waals surface area contributed by atoms with Crippen LogP contribution in [-0.4, -0.2) is 43.3 Å². The second-order valence-electron chi connectivity index (χ2n) is 8.04. The van der Waals surface area contributed by atoms with Gasteiger partial charge in [-0.2, -0.15) is 13.2 Å². The summed E-state index contributed by atoms with van der Waals surface area (Å²) in [6.45, 7) is 3.51. The Hall–Kier alpha value is -2.29. The Kier molecular flexibility index (Phi) is 6.38. The van der Waals surface area contributed by atoms with E-state index < -0.39 is 17.9 Å². The third kappa shape index (κ3) is 4.72. The highest BCUT2D eigenvalue weighted by atomic mass is 35.5. The maximum Gasteiger partial charge on any atom is 0.471 e. The molecule has 1 saturated heterocycles. The Morgan fingerprint density at radius 1 is 1.09 bits per heavy atom. The van der Waals surface area contributed by atoms with Crippen LogP contribution in [0.3, 0.4) is 0 Å². The molecule has 9 heteroatoms. The zero-order valence-electron chi connectivity index (χ0n) is 17.6. The molecule has 2 aromatic rings. The summed E-state index contributed by atoms with van der Waals surface area (Å²) in [7, 11) is 0. The summed E-state index contributed by atoms with van der Waals surface area (Å²) in [4.78, 5) is 12.5. The van der Waals surface area contributed by atoms with Crippen LogP contribution in [0.1, 0.15) is 29.2 Å². The molecule has 172 valence electrons. The van der Waals surface area contributed by atoms with Crippen molar-refractivity contribution in [2.75, 3.05) is 31.6 Å². The minimum absolute atomic E-state index is 0.00630. The van der Waals surface area contributed by atoms with Gasteiger partial charge in [0.25, 0.3) is 0 Å². The Morgan fingerprint density at radius 2 is 1.75 bits per heavy atom. The maximum atomic E-state index is 12.9. The summed E-state index contributed by atoms with van der Waals surface area (Å²) in [5, 5.41) is 3.83. The highest BCUT2D eigenvalue weighted by Gasteiger charge is 2.42. The van der Waals surface area contributed by atoms with E-state index in [4.69, 9.17) is 21.1 Å². The Morgan fingerprint density at radius 3 is 2.41 bits per heavy atom. The average molecular weight is 469 g/mol. The van der Waals surface area contributed by atoms with E-state index in [1.807, 2.05) is 37.3 Å². The number of hydrogen-bond acceptors (Lipinski definition) is 4. The molecule has 5 nitrogen and oxygen atoms in total. The summed E-state index contributed by atoms with van der Waals surface area (Å²) < 4.78 is 49.9. The summed E-state index contributed by atoms with van der Waals surface area (Å²) in [5.41, 5.74) is 4.38. The first kappa shape index (κ1) is 22.9. The predicted molar refractivity (Wildman–Crippen MR) is 115 cm³/mol. The normalized spacial score (nSPS) is 18.2. The molecule has 2 aliphatic rings. The van der Waals surface area contributed by atoms with E-state index in [1.54, 1.807) is 6.07 Å². The van der Waals surface area contributed by atoms with Crippen molar-refractivity contribution in [1.82, 2.24) is 4.90 Å². The van der Waals surface area contributed by atoms with Gasteiger partial charge in [0.1, 0.15) is 0 Å². The number of halogens is 4. The van der Waals surface area contributed by atoms with E-state index in [-0.39, 0.29) is 13.1 Å². The largest absolute Gasteiger partial charge is 0.471 e. The van der Waals surface area contributed by atoms with Crippen molar-refractivity contribution in [3.8, 4) is 0 Å². The second kappa shape index (κ2) is 8.92. The lowest BCUT2D eigenvalue weighted by Gasteiger charge is -2.23. The summed E-state index contributed by atoms with van der Waals surface area (Å²) in [6.07, 6.45) is -4.23. The number of anilines is 1. The van der Waals surface area contributed by atoms with Crippen LogP contribution in [-0.2, 0) is 39.4 Å². The van der Waals surface area contributed by atoms with Crippen molar-refractivity contribution in [3.05, 3.63) is 63.7 Å². The van der Waals surface area contributed by atoms with Crippen molar-refractivity contribution < 1.29 is 27.4 Å².